The first kappa shape index (κ1) is 12.4. The average Bonchev–Trinajstić information content (AvgIpc) is 2.59. The van der Waals surface area contributed by atoms with Gasteiger partial charge >= 0.3 is 0 Å². The van der Waals surface area contributed by atoms with Crippen molar-refractivity contribution in [3.63, 3.8) is 0 Å². The van der Waals surface area contributed by atoms with Crippen LogP contribution in [0, 0.1) is 5.92 Å². The predicted molar refractivity (Wildman–Crippen MR) is 62.6 cm³/mol. The van der Waals surface area contributed by atoms with Crippen molar-refractivity contribution in [1.82, 2.24) is 4.90 Å². The van der Waals surface area contributed by atoms with Crippen molar-refractivity contribution < 1.29 is 9.53 Å². The number of carbonyl (C=O) groups is 1. The first-order chi connectivity index (χ1) is 7.02. The van der Waals surface area contributed by atoms with Gasteiger partial charge in [-0.2, -0.15) is 0 Å². The number of thiocarbonyl (C=S) groups is 1. The van der Waals surface area contributed by atoms with Crippen molar-refractivity contribution in [2.45, 2.75) is 25.9 Å². The molecule has 4 nitrogen and oxygen atoms in total. The van der Waals surface area contributed by atoms with Gasteiger partial charge in [0.05, 0.1) is 4.99 Å². The highest BCUT2D eigenvalue weighted by Crippen LogP contribution is 2.21. The molecule has 0 aromatic rings. The number of nitrogens with two attached hydrogens (primary N) is 1. The predicted octanol–water partition coefficient (Wildman–Crippen LogP) is 0.546. The largest absolute Gasteiger partial charge is 0.393 e. The molecule has 1 aliphatic rings. The van der Waals surface area contributed by atoms with Gasteiger partial charge in [-0.05, 0) is 12.3 Å². The lowest BCUT2D eigenvalue weighted by molar-refractivity contribution is -0.140. The Morgan fingerprint density at radius 2 is 2.33 bits per heavy atom. The van der Waals surface area contributed by atoms with E-state index in [1.807, 2.05) is 6.92 Å². The maximum absolute atomic E-state index is 11.9. The van der Waals surface area contributed by atoms with Crippen LogP contribution in [0.25, 0.3) is 0 Å². The number of ether oxygens (including phenoxy) is 1. The van der Waals surface area contributed by atoms with Gasteiger partial charge in [-0.15, -0.1) is 0 Å². The number of nitrogens with zero attached hydrogens (tertiary/aromatic N) is 1. The van der Waals surface area contributed by atoms with E-state index in [9.17, 15) is 4.79 Å². The SMILES string of the molecule is CC1CCOC1C(=O)N(C)CCC(N)=S. The zero-order valence-corrected chi connectivity index (χ0v) is 10.0. The van der Waals surface area contributed by atoms with Crippen LogP contribution in [0.3, 0.4) is 0 Å². The lowest BCUT2D eigenvalue weighted by Gasteiger charge is -2.22. The van der Waals surface area contributed by atoms with E-state index in [2.05, 4.69) is 0 Å². The summed E-state index contributed by atoms with van der Waals surface area (Å²) in [6, 6.07) is 0. The minimum atomic E-state index is -0.277. The molecule has 86 valence electrons. The van der Waals surface area contributed by atoms with E-state index in [1.165, 1.54) is 0 Å². The Kier molecular flexibility index (Phi) is 4.47. The van der Waals surface area contributed by atoms with Crippen LogP contribution in [-0.2, 0) is 9.53 Å². The normalized spacial score (nSPS) is 25.2. The van der Waals surface area contributed by atoms with Crippen LogP contribution >= 0.6 is 12.2 Å². The number of rotatable bonds is 4. The second-order valence-corrected chi connectivity index (χ2v) is 4.56. The molecule has 0 aromatic heterocycles. The summed E-state index contributed by atoms with van der Waals surface area (Å²) in [4.78, 5) is 14.0. The first-order valence-corrected chi connectivity index (χ1v) is 5.58. The molecule has 1 saturated heterocycles. The molecule has 15 heavy (non-hydrogen) atoms. The quantitative estimate of drug-likeness (QED) is 0.716. The van der Waals surface area contributed by atoms with E-state index in [0.29, 0.717) is 30.5 Å². The van der Waals surface area contributed by atoms with Crippen molar-refractivity contribution >= 4 is 23.1 Å². The minimum absolute atomic E-state index is 0.0382. The second kappa shape index (κ2) is 5.42. The number of likely N-dealkylation sites (N-methyl/N-ethyl adjacent to an activating group) is 1. The average molecular weight is 230 g/mol. The molecular formula is C10H18N2O2S. The molecule has 0 aromatic carbocycles. The zero-order chi connectivity index (χ0) is 11.4. The van der Waals surface area contributed by atoms with Crippen molar-refractivity contribution in [2.75, 3.05) is 20.2 Å². The molecular weight excluding hydrogens is 212 g/mol. The summed E-state index contributed by atoms with van der Waals surface area (Å²) in [6.07, 6.45) is 1.25. The van der Waals surface area contributed by atoms with E-state index in [4.69, 9.17) is 22.7 Å². The summed E-state index contributed by atoms with van der Waals surface area (Å²) in [7, 11) is 1.76. The summed E-state index contributed by atoms with van der Waals surface area (Å²) in [5.74, 6) is 0.348. The van der Waals surface area contributed by atoms with Gasteiger partial charge < -0.3 is 15.4 Å². The topological polar surface area (TPSA) is 55.6 Å². The Morgan fingerprint density at radius 1 is 1.67 bits per heavy atom. The highest BCUT2D eigenvalue weighted by molar-refractivity contribution is 7.80. The maximum atomic E-state index is 11.9. The zero-order valence-electron chi connectivity index (χ0n) is 9.23. The third-order valence-corrected chi connectivity index (χ3v) is 2.90. The summed E-state index contributed by atoms with van der Waals surface area (Å²) >= 11 is 4.77. The molecule has 2 atom stereocenters. The highest BCUT2D eigenvalue weighted by atomic mass is 32.1. The van der Waals surface area contributed by atoms with Crippen molar-refractivity contribution in [3.8, 4) is 0 Å². The van der Waals surface area contributed by atoms with Crippen molar-refractivity contribution in [1.29, 1.82) is 0 Å². The summed E-state index contributed by atoms with van der Waals surface area (Å²) in [5.41, 5.74) is 5.38. The fourth-order valence-corrected chi connectivity index (χ4v) is 1.71. The van der Waals surface area contributed by atoms with Crippen molar-refractivity contribution in [2.24, 2.45) is 11.7 Å². The molecule has 0 aliphatic carbocycles. The molecule has 1 heterocycles. The molecule has 5 heteroatoms. The van der Waals surface area contributed by atoms with Gasteiger partial charge in [-0.1, -0.05) is 19.1 Å². The van der Waals surface area contributed by atoms with E-state index in [0.717, 1.165) is 6.42 Å². The third kappa shape index (κ3) is 3.43. The van der Waals surface area contributed by atoms with Crippen LogP contribution < -0.4 is 5.73 Å². The first-order valence-electron chi connectivity index (χ1n) is 5.17. The number of carbonyl (C=O) groups excluding carboxylic acids is 1. The lowest BCUT2D eigenvalue weighted by atomic mass is 10.0. The van der Waals surface area contributed by atoms with Crippen LogP contribution in [0.2, 0.25) is 0 Å². The lowest BCUT2D eigenvalue weighted by Crippen LogP contribution is -2.40. The number of amides is 1. The monoisotopic (exact) mass is 230 g/mol. The molecule has 2 unspecified atom stereocenters. The third-order valence-electron chi connectivity index (χ3n) is 2.70. The molecule has 1 rings (SSSR count). The molecule has 1 fully saturated rings. The summed E-state index contributed by atoms with van der Waals surface area (Å²) < 4.78 is 5.40. The van der Waals surface area contributed by atoms with E-state index < -0.39 is 0 Å². The molecule has 0 saturated carbocycles. The molecule has 1 aliphatic heterocycles. The van der Waals surface area contributed by atoms with Crippen LogP contribution in [0.4, 0.5) is 0 Å². The fraction of sp³-hybridized carbons (Fsp3) is 0.800. The van der Waals surface area contributed by atoms with E-state index >= 15 is 0 Å². The minimum Gasteiger partial charge on any atom is -0.393 e. The highest BCUT2D eigenvalue weighted by Gasteiger charge is 2.32. The van der Waals surface area contributed by atoms with E-state index in [-0.39, 0.29) is 12.0 Å². The second-order valence-electron chi connectivity index (χ2n) is 4.03. The molecule has 2 N–H and O–H groups in total. The van der Waals surface area contributed by atoms with Crippen LogP contribution in [0.1, 0.15) is 19.8 Å². The smallest absolute Gasteiger partial charge is 0.251 e. The van der Waals surface area contributed by atoms with Crippen molar-refractivity contribution in [3.05, 3.63) is 0 Å². The standard InChI is InChI=1S/C10H18N2O2S/c1-7-4-6-14-9(7)10(13)12(2)5-3-8(11)15/h7,9H,3-6H2,1-2H3,(H2,11,15). The Morgan fingerprint density at radius 3 is 2.80 bits per heavy atom. The molecule has 1 amide bonds. The van der Waals surface area contributed by atoms with Crippen LogP contribution in [-0.4, -0.2) is 42.1 Å². The Hall–Kier alpha value is -0.680. The van der Waals surface area contributed by atoms with Crippen LogP contribution in [0.5, 0.6) is 0 Å². The van der Waals surface area contributed by atoms with Gasteiger partial charge in [-0.25, -0.2) is 0 Å². The van der Waals surface area contributed by atoms with Crippen LogP contribution in [0.15, 0.2) is 0 Å². The maximum Gasteiger partial charge on any atom is 0.251 e. The Labute approximate surface area is 95.8 Å². The van der Waals surface area contributed by atoms with Gasteiger partial charge in [0, 0.05) is 26.6 Å². The summed E-state index contributed by atoms with van der Waals surface area (Å²) in [5, 5.41) is 0. The Balaban J connectivity index is 2.41. The number of hydrogen-bond acceptors (Lipinski definition) is 3. The van der Waals surface area contributed by atoms with Gasteiger partial charge in [0.1, 0.15) is 6.10 Å². The van der Waals surface area contributed by atoms with Gasteiger partial charge in [-0.3, -0.25) is 4.79 Å². The van der Waals surface area contributed by atoms with Gasteiger partial charge in [0.25, 0.3) is 5.91 Å². The molecule has 0 bridgehead atoms. The van der Waals surface area contributed by atoms with E-state index in [1.54, 1.807) is 11.9 Å². The Bertz CT molecular complexity index is 258. The number of hydrogen-bond donors (Lipinski definition) is 1. The van der Waals surface area contributed by atoms with Gasteiger partial charge in [0.15, 0.2) is 0 Å². The summed E-state index contributed by atoms with van der Waals surface area (Å²) in [6.45, 7) is 3.29. The fourth-order valence-electron chi connectivity index (χ4n) is 1.62. The van der Waals surface area contributed by atoms with Gasteiger partial charge in [0.2, 0.25) is 0 Å². The molecule has 0 spiro atoms. The molecule has 0 radical (unpaired) electrons.